The van der Waals surface area contributed by atoms with Crippen molar-refractivity contribution in [2.24, 2.45) is 5.92 Å². The van der Waals surface area contributed by atoms with Crippen molar-refractivity contribution in [2.75, 3.05) is 51.3 Å². The zero-order valence-corrected chi connectivity index (χ0v) is 17.6. The number of amides is 1. The lowest BCUT2D eigenvalue weighted by Gasteiger charge is -2.38. The number of quaternary nitrogens is 1. The van der Waals surface area contributed by atoms with E-state index >= 15 is 0 Å². The fourth-order valence-electron chi connectivity index (χ4n) is 4.70. The van der Waals surface area contributed by atoms with Crippen molar-refractivity contribution in [1.82, 2.24) is 4.90 Å². The van der Waals surface area contributed by atoms with Crippen LogP contribution in [0.25, 0.3) is 0 Å². The molecule has 2 saturated heterocycles. The van der Waals surface area contributed by atoms with E-state index in [4.69, 9.17) is 4.74 Å². The van der Waals surface area contributed by atoms with Gasteiger partial charge in [0.2, 0.25) is 5.91 Å². The number of nitrogens with one attached hydrogen (secondary N) is 1. The van der Waals surface area contributed by atoms with Gasteiger partial charge in [0.05, 0.1) is 25.9 Å². The van der Waals surface area contributed by atoms with Gasteiger partial charge in [0.1, 0.15) is 18.1 Å². The second-order valence-corrected chi connectivity index (χ2v) is 8.28. The number of piperidine rings is 1. The number of piperazine rings is 1. The first kappa shape index (κ1) is 20.7. The Bertz CT molecular complexity index is 859. The Kier molecular flexibility index (Phi) is 6.53. The van der Waals surface area contributed by atoms with Gasteiger partial charge in [-0.3, -0.25) is 4.79 Å². The molecule has 2 aromatic carbocycles. The topological polar surface area (TPSA) is 37.2 Å². The summed E-state index contributed by atoms with van der Waals surface area (Å²) in [4.78, 5) is 18.6. The Morgan fingerprint density at radius 1 is 1.03 bits per heavy atom. The Balaban J connectivity index is 1.26. The highest BCUT2D eigenvalue weighted by molar-refractivity contribution is 5.79. The number of hydrogen-bond donors (Lipinski definition) is 1. The predicted molar refractivity (Wildman–Crippen MR) is 115 cm³/mol. The Labute approximate surface area is 178 Å². The van der Waals surface area contributed by atoms with Crippen LogP contribution in [0.5, 0.6) is 5.75 Å². The van der Waals surface area contributed by atoms with Crippen molar-refractivity contribution in [3.63, 3.8) is 0 Å². The molecule has 1 amide bonds. The molecule has 30 heavy (non-hydrogen) atoms. The second-order valence-electron chi connectivity index (χ2n) is 8.28. The number of nitrogens with zero attached hydrogens (tertiary/aromatic N) is 2. The summed E-state index contributed by atoms with van der Waals surface area (Å²) >= 11 is 0. The number of hydrogen-bond acceptors (Lipinski definition) is 3. The molecule has 0 spiro atoms. The van der Waals surface area contributed by atoms with Gasteiger partial charge in [-0.2, -0.15) is 0 Å². The van der Waals surface area contributed by atoms with Crippen LogP contribution in [0.4, 0.5) is 10.1 Å². The summed E-state index contributed by atoms with van der Waals surface area (Å²) in [5, 5.41) is 0. The minimum atomic E-state index is -0.192. The van der Waals surface area contributed by atoms with Crippen molar-refractivity contribution in [3.05, 3.63) is 59.9 Å². The van der Waals surface area contributed by atoms with Crippen LogP contribution in [0.15, 0.2) is 48.5 Å². The van der Waals surface area contributed by atoms with E-state index in [0.29, 0.717) is 31.9 Å². The smallest absolute Gasteiger partial charge is 0.226 e. The van der Waals surface area contributed by atoms with Gasteiger partial charge < -0.3 is 19.4 Å². The number of halogens is 1. The Morgan fingerprint density at radius 2 is 1.70 bits per heavy atom. The summed E-state index contributed by atoms with van der Waals surface area (Å²) in [6.45, 7) is 5.65. The molecule has 160 valence electrons. The molecule has 0 aromatic heterocycles. The van der Waals surface area contributed by atoms with E-state index in [1.807, 2.05) is 34.1 Å². The molecule has 1 N–H and O–H groups in total. The van der Waals surface area contributed by atoms with Crippen LogP contribution < -0.4 is 14.5 Å². The van der Waals surface area contributed by atoms with Crippen molar-refractivity contribution < 1.29 is 18.8 Å². The highest BCUT2D eigenvalue weighted by Gasteiger charge is 2.32. The number of para-hydroxylation sites is 2. The Hall–Kier alpha value is -2.60. The minimum Gasteiger partial charge on any atom is -0.496 e. The van der Waals surface area contributed by atoms with Gasteiger partial charge in [0.25, 0.3) is 0 Å². The van der Waals surface area contributed by atoms with Crippen LogP contribution in [0, 0.1) is 11.7 Å². The monoisotopic (exact) mass is 412 g/mol. The SMILES string of the molecule is COc1ccccc1C[NH+]1CCC(C(=O)N2CCN(c3ccccc3F)CC2)CC1. The van der Waals surface area contributed by atoms with Crippen molar-refractivity contribution >= 4 is 11.6 Å². The zero-order valence-electron chi connectivity index (χ0n) is 17.6. The molecule has 0 unspecified atom stereocenters. The maximum absolute atomic E-state index is 14.0. The van der Waals surface area contributed by atoms with Crippen LogP contribution in [-0.4, -0.2) is 57.2 Å². The molecule has 5 nitrogen and oxygen atoms in total. The van der Waals surface area contributed by atoms with E-state index in [-0.39, 0.29) is 17.6 Å². The minimum absolute atomic E-state index is 0.117. The van der Waals surface area contributed by atoms with Gasteiger partial charge >= 0.3 is 0 Å². The van der Waals surface area contributed by atoms with Crippen LogP contribution in [0.3, 0.4) is 0 Å². The standard InChI is InChI=1S/C24H30FN3O2/c1-30-23-9-5-2-6-20(23)18-26-12-10-19(11-13-26)24(29)28-16-14-27(15-17-28)22-8-4-3-7-21(22)25/h2-9,19H,10-18H2,1H3/p+1. The third-order valence-electron chi connectivity index (χ3n) is 6.46. The quantitative estimate of drug-likeness (QED) is 0.816. The van der Waals surface area contributed by atoms with Crippen molar-refractivity contribution in [1.29, 1.82) is 0 Å². The van der Waals surface area contributed by atoms with Crippen LogP contribution in [-0.2, 0) is 11.3 Å². The zero-order chi connectivity index (χ0) is 20.9. The molecule has 2 heterocycles. The average Bonchev–Trinajstić information content (AvgIpc) is 2.80. The summed E-state index contributed by atoms with van der Waals surface area (Å²) in [5.74, 6) is 1.14. The van der Waals surface area contributed by atoms with E-state index in [1.54, 1.807) is 13.2 Å². The van der Waals surface area contributed by atoms with Gasteiger partial charge in [-0.05, 0) is 24.3 Å². The molecule has 0 aliphatic carbocycles. The molecule has 0 atom stereocenters. The maximum atomic E-state index is 14.0. The number of carbonyl (C=O) groups is 1. The lowest BCUT2D eigenvalue weighted by atomic mass is 9.94. The number of benzene rings is 2. The van der Waals surface area contributed by atoms with Crippen molar-refractivity contribution in [2.45, 2.75) is 19.4 Å². The van der Waals surface area contributed by atoms with Gasteiger partial charge in [-0.25, -0.2) is 4.39 Å². The summed E-state index contributed by atoms with van der Waals surface area (Å²) in [5.41, 5.74) is 1.86. The number of rotatable bonds is 5. The van der Waals surface area contributed by atoms with Crippen molar-refractivity contribution in [3.8, 4) is 5.75 Å². The Morgan fingerprint density at radius 3 is 2.40 bits per heavy atom. The lowest BCUT2D eigenvalue weighted by Crippen LogP contribution is -3.11. The van der Waals surface area contributed by atoms with Gasteiger partial charge in [0.15, 0.2) is 0 Å². The van der Waals surface area contributed by atoms with E-state index in [0.717, 1.165) is 38.2 Å². The average molecular weight is 413 g/mol. The number of likely N-dealkylation sites (tertiary alicyclic amines) is 1. The van der Waals surface area contributed by atoms with E-state index in [2.05, 4.69) is 12.1 Å². The summed E-state index contributed by atoms with van der Waals surface area (Å²) in [6.07, 6.45) is 1.85. The fourth-order valence-corrected chi connectivity index (χ4v) is 4.70. The molecule has 2 aliphatic heterocycles. The molecule has 0 saturated carbocycles. The molecule has 2 fully saturated rings. The third kappa shape index (κ3) is 4.59. The molecular formula is C24H31FN3O2+. The van der Waals surface area contributed by atoms with Gasteiger partial charge in [0, 0.05) is 50.5 Å². The first-order chi connectivity index (χ1) is 14.7. The number of anilines is 1. The normalized spacial score (nSPS) is 22.1. The third-order valence-corrected chi connectivity index (χ3v) is 6.46. The van der Waals surface area contributed by atoms with Gasteiger partial charge in [-0.15, -0.1) is 0 Å². The predicted octanol–water partition coefficient (Wildman–Crippen LogP) is 1.98. The fraction of sp³-hybridized carbons (Fsp3) is 0.458. The number of methoxy groups -OCH3 is 1. The summed E-state index contributed by atoms with van der Waals surface area (Å²) in [7, 11) is 1.71. The molecule has 0 bridgehead atoms. The highest BCUT2D eigenvalue weighted by Crippen LogP contribution is 2.22. The van der Waals surface area contributed by atoms with E-state index in [1.165, 1.54) is 16.5 Å². The summed E-state index contributed by atoms with van der Waals surface area (Å²) < 4.78 is 19.5. The highest BCUT2D eigenvalue weighted by atomic mass is 19.1. The maximum Gasteiger partial charge on any atom is 0.226 e. The molecule has 0 radical (unpaired) electrons. The van der Waals surface area contributed by atoms with Crippen LogP contribution >= 0.6 is 0 Å². The van der Waals surface area contributed by atoms with Gasteiger partial charge in [-0.1, -0.05) is 24.3 Å². The molecular weight excluding hydrogens is 381 g/mol. The van der Waals surface area contributed by atoms with E-state index < -0.39 is 0 Å². The molecule has 4 rings (SSSR count). The number of carbonyl (C=O) groups excluding carboxylic acids is 1. The second kappa shape index (κ2) is 9.47. The molecule has 6 heteroatoms. The summed E-state index contributed by atoms with van der Waals surface area (Å²) in [6, 6.07) is 15.0. The molecule has 2 aliphatic rings. The van der Waals surface area contributed by atoms with Crippen LogP contribution in [0.2, 0.25) is 0 Å². The lowest BCUT2D eigenvalue weighted by molar-refractivity contribution is -0.919. The first-order valence-corrected chi connectivity index (χ1v) is 10.9. The number of ether oxygens (including phenoxy) is 1. The van der Waals surface area contributed by atoms with Crippen LogP contribution in [0.1, 0.15) is 18.4 Å². The first-order valence-electron chi connectivity index (χ1n) is 10.9. The van der Waals surface area contributed by atoms with E-state index in [9.17, 15) is 9.18 Å². The largest absolute Gasteiger partial charge is 0.496 e. The molecule has 2 aromatic rings.